The lowest BCUT2D eigenvalue weighted by atomic mass is 9.90. The average molecular weight is 274 g/mol. The van der Waals surface area contributed by atoms with E-state index in [1.165, 1.54) is 0 Å². The van der Waals surface area contributed by atoms with E-state index in [1.54, 1.807) is 0 Å². The highest BCUT2D eigenvalue weighted by Gasteiger charge is 2.23. The predicted molar refractivity (Wildman–Crippen MR) is 84.5 cm³/mol. The molecule has 3 heteroatoms. The Morgan fingerprint density at radius 1 is 1.30 bits per heavy atom. The van der Waals surface area contributed by atoms with Crippen LogP contribution in [-0.2, 0) is 0 Å². The summed E-state index contributed by atoms with van der Waals surface area (Å²) in [4.78, 5) is 0. The second-order valence-electron chi connectivity index (χ2n) is 4.75. The number of hydrogen-bond acceptors (Lipinski definition) is 2. The number of allylic oxidation sites excluding steroid dienone is 5. The SMILES string of the molecule is C=C1C(=C)C(NCC(/C=C(\C=C/C)CCC)=C\F)=C1N. The summed E-state index contributed by atoms with van der Waals surface area (Å²) in [6.07, 6.45) is 8.41. The third-order valence-electron chi connectivity index (χ3n) is 3.16. The lowest BCUT2D eigenvalue weighted by Gasteiger charge is -2.27. The van der Waals surface area contributed by atoms with Gasteiger partial charge in [-0.15, -0.1) is 0 Å². The van der Waals surface area contributed by atoms with E-state index in [0.29, 0.717) is 24.1 Å². The molecule has 0 radical (unpaired) electrons. The van der Waals surface area contributed by atoms with Crippen molar-refractivity contribution in [2.24, 2.45) is 5.73 Å². The summed E-state index contributed by atoms with van der Waals surface area (Å²) < 4.78 is 13.0. The lowest BCUT2D eigenvalue weighted by molar-refractivity contribution is 0.701. The van der Waals surface area contributed by atoms with Crippen molar-refractivity contribution in [3.63, 3.8) is 0 Å². The molecule has 2 nitrogen and oxygen atoms in total. The van der Waals surface area contributed by atoms with Gasteiger partial charge in [-0.2, -0.15) is 0 Å². The van der Waals surface area contributed by atoms with E-state index in [0.717, 1.165) is 35.3 Å². The van der Waals surface area contributed by atoms with E-state index < -0.39 is 0 Å². The van der Waals surface area contributed by atoms with Gasteiger partial charge in [-0.25, -0.2) is 4.39 Å². The fourth-order valence-electron chi connectivity index (χ4n) is 2.02. The van der Waals surface area contributed by atoms with Gasteiger partial charge in [0, 0.05) is 17.7 Å². The van der Waals surface area contributed by atoms with Crippen molar-refractivity contribution in [3.8, 4) is 0 Å². The summed E-state index contributed by atoms with van der Waals surface area (Å²) in [5.74, 6) is 0. The Hall–Kier alpha value is -2.03. The molecule has 3 N–H and O–H groups in total. The molecule has 0 atom stereocenters. The van der Waals surface area contributed by atoms with E-state index in [1.807, 2.05) is 25.2 Å². The molecule has 0 amide bonds. The van der Waals surface area contributed by atoms with E-state index >= 15 is 0 Å². The Balaban J connectivity index is 2.72. The second-order valence-corrected chi connectivity index (χ2v) is 4.75. The van der Waals surface area contributed by atoms with Gasteiger partial charge >= 0.3 is 0 Å². The van der Waals surface area contributed by atoms with Gasteiger partial charge in [0.2, 0.25) is 0 Å². The molecule has 0 fully saturated rings. The zero-order valence-electron chi connectivity index (χ0n) is 12.3. The van der Waals surface area contributed by atoms with E-state index in [4.69, 9.17) is 5.73 Å². The van der Waals surface area contributed by atoms with Crippen LogP contribution in [0.2, 0.25) is 0 Å². The maximum absolute atomic E-state index is 13.0. The molecular weight excluding hydrogens is 251 g/mol. The van der Waals surface area contributed by atoms with Crippen LogP contribution in [0.4, 0.5) is 4.39 Å². The van der Waals surface area contributed by atoms with Crippen molar-refractivity contribution in [2.75, 3.05) is 6.54 Å². The highest BCUT2D eigenvalue weighted by atomic mass is 19.1. The molecule has 0 aliphatic heterocycles. The molecule has 20 heavy (non-hydrogen) atoms. The van der Waals surface area contributed by atoms with Crippen molar-refractivity contribution in [1.82, 2.24) is 5.32 Å². The quantitative estimate of drug-likeness (QED) is 0.688. The molecule has 0 saturated carbocycles. The van der Waals surface area contributed by atoms with Crippen molar-refractivity contribution >= 4 is 0 Å². The molecule has 0 saturated heterocycles. The summed E-state index contributed by atoms with van der Waals surface area (Å²) in [7, 11) is 0. The first-order valence-corrected chi connectivity index (χ1v) is 6.80. The Bertz CT molecular complexity index is 519. The van der Waals surface area contributed by atoms with Gasteiger partial charge in [-0.05, 0) is 24.5 Å². The fourth-order valence-corrected chi connectivity index (χ4v) is 2.02. The minimum absolute atomic E-state index is 0.379. The van der Waals surface area contributed by atoms with E-state index in [-0.39, 0.29) is 0 Å². The smallest absolute Gasteiger partial charge is 0.0916 e. The third kappa shape index (κ3) is 3.73. The minimum atomic E-state index is 0.379. The minimum Gasteiger partial charge on any atom is -0.397 e. The van der Waals surface area contributed by atoms with E-state index in [2.05, 4.69) is 25.4 Å². The highest BCUT2D eigenvalue weighted by Crippen LogP contribution is 2.31. The van der Waals surface area contributed by atoms with Crippen LogP contribution in [0.3, 0.4) is 0 Å². The monoisotopic (exact) mass is 274 g/mol. The zero-order chi connectivity index (χ0) is 15.1. The van der Waals surface area contributed by atoms with Crippen LogP contribution in [0.1, 0.15) is 26.7 Å². The Morgan fingerprint density at radius 2 is 2.00 bits per heavy atom. The first-order chi connectivity index (χ1) is 9.54. The average Bonchev–Trinajstić information content (AvgIpc) is 2.45. The molecule has 1 aliphatic rings. The Morgan fingerprint density at radius 3 is 2.50 bits per heavy atom. The van der Waals surface area contributed by atoms with Gasteiger partial charge in [-0.1, -0.05) is 44.7 Å². The molecule has 0 aromatic carbocycles. The van der Waals surface area contributed by atoms with Gasteiger partial charge in [0.05, 0.1) is 17.7 Å². The molecule has 0 bridgehead atoms. The molecule has 0 unspecified atom stereocenters. The summed E-state index contributed by atoms with van der Waals surface area (Å²) in [6.45, 7) is 12.1. The van der Waals surface area contributed by atoms with Gasteiger partial charge in [0.25, 0.3) is 0 Å². The standard InChI is InChI=1S/C17H23FN2/c1-5-7-14(8-6-2)9-15(10-18)11-20-17-13(4)12(3)16(17)19/h5,7,9-10,20H,3-4,6,8,11,19H2,1-2H3/b7-5-,14-9+,15-10-. The maximum Gasteiger partial charge on any atom is 0.0916 e. The largest absolute Gasteiger partial charge is 0.397 e. The molecule has 108 valence electrons. The van der Waals surface area contributed by atoms with Crippen LogP contribution in [-0.4, -0.2) is 6.54 Å². The topological polar surface area (TPSA) is 38.0 Å². The first-order valence-electron chi connectivity index (χ1n) is 6.80. The summed E-state index contributed by atoms with van der Waals surface area (Å²) in [6, 6.07) is 0. The second kappa shape index (κ2) is 7.53. The van der Waals surface area contributed by atoms with Crippen molar-refractivity contribution in [1.29, 1.82) is 0 Å². The normalized spacial score (nSPS) is 16.9. The van der Waals surface area contributed by atoms with Crippen LogP contribution in [0.15, 0.2) is 71.4 Å². The highest BCUT2D eigenvalue weighted by molar-refractivity contribution is 5.65. The fraction of sp³-hybridized carbons (Fsp3) is 0.294. The van der Waals surface area contributed by atoms with Gasteiger partial charge in [0.1, 0.15) is 0 Å². The molecule has 1 rings (SSSR count). The maximum atomic E-state index is 13.0. The number of nitrogens with two attached hydrogens (primary N) is 1. The van der Waals surface area contributed by atoms with Crippen LogP contribution >= 0.6 is 0 Å². The van der Waals surface area contributed by atoms with E-state index in [9.17, 15) is 4.39 Å². The van der Waals surface area contributed by atoms with Gasteiger partial charge < -0.3 is 11.1 Å². The third-order valence-corrected chi connectivity index (χ3v) is 3.16. The molecule has 0 aromatic heterocycles. The van der Waals surface area contributed by atoms with Crippen LogP contribution < -0.4 is 11.1 Å². The predicted octanol–water partition coefficient (Wildman–Crippen LogP) is 4.03. The molecule has 0 spiro atoms. The molecule has 1 aliphatic carbocycles. The summed E-state index contributed by atoms with van der Waals surface area (Å²) in [5, 5.41) is 3.11. The van der Waals surface area contributed by atoms with Gasteiger partial charge in [-0.3, -0.25) is 0 Å². The number of rotatable bonds is 7. The first kappa shape index (κ1) is 16.0. The van der Waals surface area contributed by atoms with Crippen LogP contribution in [0.25, 0.3) is 0 Å². The van der Waals surface area contributed by atoms with Crippen molar-refractivity contribution < 1.29 is 4.39 Å². The molecule has 0 aromatic rings. The van der Waals surface area contributed by atoms with Gasteiger partial charge in [0.15, 0.2) is 0 Å². The summed E-state index contributed by atoms with van der Waals surface area (Å²) >= 11 is 0. The summed E-state index contributed by atoms with van der Waals surface area (Å²) in [5.41, 5.74) is 10.4. The number of hydrogen-bond donors (Lipinski definition) is 2. The van der Waals surface area contributed by atoms with Crippen LogP contribution in [0.5, 0.6) is 0 Å². The lowest BCUT2D eigenvalue weighted by Crippen LogP contribution is -2.29. The molecular formula is C17H23FN2. The Kier molecular flexibility index (Phi) is 6.04. The number of nitrogens with one attached hydrogen (secondary N) is 1. The molecule has 0 heterocycles. The number of halogens is 1. The Labute approximate surface area is 120 Å². The van der Waals surface area contributed by atoms with Crippen molar-refractivity contribution in [3.05, 3.63) is 71.4 Å². The zero-order valence-corrected chi connectivity index (χ0v) is 12.3. The van der Waals surface area contributed by atoms with Crippen LogP contribution in [0, 0.1) is 0 Å². The van der Waals surface area contributed by atoms with Crippen molar-refractivity contribution in [2.45, 2.75) is 26.7 Å².